The van der Waals surface area contributed by atoms with Gasteiger partial charge in [0.1, 0.15) is 5.69 Å². The zero-order valence-corrected chi connectivity index (χ0v) is 14.7. The van der Waals surface area contributed by atoms with Gasteiger partial charge < -0.3 is 0 Å². The SMILES string of the molecule is c1ccc(N=Nc2nc3sc4ccccc4n3c2-c2cccs2)cc1. The van der Waals surface area contributed by atoms with Crippen LogP contribution in [0.25, 0.3) is 25.7 Å². The van der Waals surface area contributed by atoms with Crippen LogP contribution in [0.5, 0.6) is 0 Å². The van der Waals surface area contributed by atoms with Crippen LogP contribution >= 0.6 is 22.7 Å². The van der Waals surface area contributed by atoms with Gasteiger partial charge >= 0.3 is 0 Å². The molecule has 3 heterocycles. The van der Waals surface area contributed by atoms with Gasteiger partial charge in [0.15, 0.2) is 4.96 Å². The molecular weight excluding hydrogens is 348 g/mol. The summed E-state index contributed by atoms with van der Waals surface area (Å²) in [4.78, 5) is 6.82. The van der Waals surface area contributed by atoms with Crippen LogP contribution in [0.15, 0.2) is 82.3 Å². The Morgan fingerprint density at radius 2 is 1.68 bits per heavy atom. The van der Waals surface area contributed by atoms with E-state index in [9.17, 15) is 0 Å². The summed E-state index contributed by atoms with van der Waals surface area (Å²) in [5, 5.41) is 10.9. The lowest BCUT2D eigenvalue weighted by Gasteiger charge is -1.99. The van der Waals surface area contributed by atoms with Gasteiger partial charge in [-0.15, -0.1) is 21.6 Å². The Morgan fingerprint density at radius 1 is 0.840 bits per heavy atom. The third-order valence-electron chi connectivity index (χ3n) is 3.91. The highest BCUT2D eigenvalue weighted by Crippen LogP contribution is 2.39. The van der Waals surface area contributed by atoms with Gasteiger partial charge in [0.25, 0.3) is 0 Å². The maximum absolute atomic E-state index is 4.75. The van der Waals surface area contributed by atoms with Gasteiger partial charge in [-0.3, -0.25) is 4.40 Å². The molecule has 0 atom stereocenters. The van der Waals surface area contributed by atoms with Crippen LogP contribution in [-0.2, 0) is 0 Å². The number of thiophene rings is 1. The third-order valence-corrected chi connectivity index (χ3v) is 5.80. The van der Waals surface area contributed by atoms with Crippen molar-refractivity contribution in [1.29, 1.82) is 0 Å². The molecule has 25 heavy (non-hydrogen) atoms. The van der Waals surface area contributed by atoms with Crippen LogP contribution in [0.3, 0.4) is 0 Å². The number of benzene rings is 2. The van der Waals surface area contributed by atoms with Gasteiger partial charge in [-0.2, -0.15) is 4.98 Å². The van der Waals surface area contributed by atoms with Gasteiger partial charge in [-0.05, 0) is 35.7 Å². The van der Waals surface area contributed by atoms with Crippen LogP contribution in [0.4, 0.5) is 11.5 Å². The summed E-state index contributed by atoms with van der Waals surface area (Å²) >= 11 is 3.36. The molecule has 3 aromatic heterocycles. The molecule has 0 radical (unpaired) electrons. The van der Waals surface area contributed by atoms with Crippen molar-refractivity contribution in [2.45, 2.75) is 0 Å². The molecule has 0 aliphatic rings. The minimum Gasteiger partial charge on any atom is -0.280 e. The highest BCUT2D eigenvalue weighted by atomic mass is 32.1. The highest BCUT2D eigenvalue weighted by molar-refractivity contribution is 7.23. The molecule has 2 aromatic carbocycles. The molecule has 5 aromatic rings. The van der Waals surface area contributed by atoms with Gasteiger partial charge in [0.05, 0.1) is 20.8 Å². The molecule has 4 nitrogen and oxygen atoms in total. The number of hydrogen-bond donors (Lipinski definition) is 0. The first-order chi connectivity index (χ1) is 12.4. The van der Waals surface area contributed by atoms with Crippen LogP contribution in [0.1, 0.15) is 0 Å². The molecule has 0 saturated carbocycles. The molecule has 0 spiro atoms. The first-order valence-electron chi connectivity index (χ1n) is 7.81. The van der Waals surface area contributed by atoms with Crippen LogP contribution < -0.4 is 0 Å². The largest absolute Gasteiger partial charge is 0.280 e. The molecule has 120 valence electrons. The lowest BCUT2D eigenvalue weighted by Crippen LogP contribution is -1.83. The zero-order valence-electron chi connectivity index (χ0n) is 13.0. The number of para-hydroxylation sites is 1. The molecule has 5 rings (SSSR count). The Bertz CT molecular complexity index is 1180. The molecule has 0 N–H and O–H groups in total. The maximum Gasteiger partial charge on any atom is 0.202 e. The second kappa shape index (κ2) is 5.91. The molecule has 0 saturated heterocycles. The van der Waals surface area contributed by atoms with Crippen LogP contribution in [0.2, 0.25) is 0 Å². The van der Waals surface area contributed by atoms with Gasteiger partial charge in [-0.25, -0.2) is 0 Å². The Morgan fingerprint density at radius 3 is 2.52 bits per heavy atom. The molecular formula is C19H12N4S2. The number of aromatic nitrogens is 2. The maximum atomic E-state index is 4.75. The minimum atomic E-state index is 0.656. The van der Waals surface area contributed by atoms with Crippen molar-refractivity contribution in [3.8, 4) is 10.6 Å². The lowest BCUT2D eigenvalue weighted by molar-refractivity contribution is 1.19. The molecule has 0 bridgehead atoms. The van der Waals surface area contributed by atoms with E-state index in [0.717, 1.165) is 26.7 Å². The van der Waals surface area contributed by atoms with Crippen molar-refractivity contribution >= 4 is 49.4 Å². The fourth-order valence-corrected chi connectivity index (χ4v) is 4.59. The van der Waals surface area contributed by atoms with Crippen molar-refractivity contribution in [1.82, 2.24) is 9.38 Å². The van der Waals surface area contributed by atoms with Gasteiger partial charge in [-0.1, -0.05) is 47.7 Å². The van der Waals surface area contributed by atoms with Crippen molar-refractivity contribution < 1.29 is 0 Å². The number of azo groups is 1. The van der Waals surface area contributed by atoms with Crippen LogP contribution in [-0.4, -0.2) is 9.38 Å². The van der Waals surface area contributed by atoms with Crippen LogP contribution in [0, 0.1) is 0 Å². The normalized spacial score (nSPS) is 11.8. The number of imidazole rings is 1. The van der Waals surface area contributed by atoms with E-state index in [1.54, 1.807) is 22.7 Å². The van der Waals surface area contributed by atoms with E-state index in [1.807, 2.05) is 36.4 Å². The van der Waals surface area contributed by atoms with Crippen molar-refractivity contribution in [3.05, 3.63) is 72.1 Å². The second-order valence-corrected chi connectivity index (χ2v) is 7.44. The summed E-state index contributed by atoms with van der Waals surface area (Å²) < 4.78 is 3.40. The first kappa shape index (κ1) is 14.5. The van der Waals surface area contributed by atoms with Gasteiger partial charge in [0, 0.05) is 0 Å². The summed E-state index contributed by atoms with van der Waals surface area (Å²) in [7, 11) is 0. The highest BCUT2D eigenvalue weighted by Gasteiger charge is 2.19. The summed E-state index contributed by atoms with van der Waals surface area (Å²) in [5.74, 6) is 0.656. The summed E-state index contributed by atoms with van der Waals surface area (Å²) in [6.45, 7) is 0. The van der Waals surface area contributed by atoms with E-state index in [0.29, 0.717) is 5.82 Å². The minimum absolute atomic E-state index is 0.656. The number of nitrogens with zero attached hydrogens (tertiary/aromatic N) is 4. The van der Waals surface area contributed by atoms with Gasteiger partial charge in [0.2, 0.25) is 5.82 Å². The third kappa shape index (κ3) is 2.47. The molecule has 0 aliphatic heterocycles. The standard InChI is InChI=1S/C19H12N4S2/c1-2-7-13(8-3-1)21-22-18-17(16-11-6-12-24-16)23-14-9-4-5-10-15(14)25-19(23)20-18/h1-12H. The first-order valence-corrected chi connectivity index (χ1v) is 9.50. The summed E-state index contributed by atoms with van der Waals surface area (Å²) in [6, 6.07) is 22.2. The average Bonchev–Trinajstić information content (AvgIpc) is 3.36. The molecule has 6 heteroatoms. The number of fused-ring (bicyclic) bond motifs is 3. The average molecular weight is 360 g/mol. The Balaban J connectivity index is 1.76. The number of hydrogen-bond acceptors (Lipinski definition) is 5. The predicted molar refractivity (Wildman–Crippen MR) is 105 cm³/mol. The Hall–Kier alpha value is -2.83. The predicted octanol–water partition coefficient (Wildman–Crippen LogP) is 6.69. The molecule has 0 unspecified atom stereocenters. The van der Waals surface area contributed by atoms with Crippen molar-refractivity contribution in [3.63, 3.8) is 0 Å². The second-order valence-electron chi connectivity index (χ2n) is 5.48. The fraction of sp³-hybridized carbons (Fsp3) is 0. The fourth-order valence-electron chi connectivity index (χ4n) is 2.81. The van der Waals surface area contributed by atoms with E-state index < -0.39 is 0 Å². The monoisotopic (exact) mass is 360 g/mol. The Kier molecular flexibility index (Phi) is 3.43. The van der Waals surface area contributed by atoms with Crippen molar-refractivity contribution in [2.24, 2.45) is 10.2 Å². The quantitative estimate of drug-likeness (QED) is 0.330. The Labute approximate surface area is 151 Å². The lowest BCUT2D eigenvalue weighted by atomic mass is 10.3. The summed E-state index contributed by atoms with van der Waals surface area (Å²) in [5.41, 5.74) is 2.97. The smallest absolute Gasteiger partial charge is 0.202 e. The zero-order chi connectivity index (χ0) is 16.6. The molecule has 0 fully saturated rings. The summed E-state index contributed by atoms with van der Waals surface area (Å²) in [6.07, 6.45) is 0. The topological polar surface area (TPSA) is 42.0 Å². The van der Waals surface area contributed by atoms with E-state index in [2.05, 4.69) is 50.3 Å². The number of thiazole rings is 1. The van der Waals surface area contributed by atoms with E-state index in [1.165, 1.54) is 4.70 Å². The van der Waals surface area contributed by atoms with E-state index in [4.69, 9.17) is 4.98 Å². The number of rotatable bonds is 3. The van der Waals surface area contributed by atoms with E-state index >= 15 is 0 Å². The van der Waals surface area contributed by atoms with Crippen molar-refractivity contribution in [2.75, 3.05) is 0 Å². The molecule has 0 aliphatic carbocycles. The molecule has 0 amide bonds. The van der Waals surface area contributed by atoms with E-state index in [-0.39, 0.29) is 0 Å².